The zero-order valence-corrected chi connectivity index (χ0v) is 11.2. The maximum atomic E-state index is 10.6. The second-order valence-corrected chi connectivity index (χ2v) is 5.81. The first-order valence-corrected chi connectivity index (χ1v) is 6.44. The molecule has 0 heterocycles. The number of rotatable bonds is 4. The molecule has 0 unspecified atom stereocenters. The molecule has 1 rings (SSSR count). The lowest BCUT2D eigenvalue weighted by Gasteiger charge is -2.06. The lowest BCUT2D eigenvalue weighted by molar-refractivity contribution is 0.261. The molecule has 1 aromatic carbocycles. The van der Waals surface area contributed by atoms with E-state index in [2.05, 4.69) is 47.2 Å². The molecule has 0 saturated carbocycles. The molecule has 0 aliphatic heterocycles. The largest absolute Gasteiger partial charge is 0.343 e. The molecular weight excluding hydrogens is 274 g/mol. The first kappa shape index (κ1) is 12.6. The van der Waals surface area contributed by atoms with Gasteiger partial charge in [0, 0.05) is 32.6 Å². The predicted octanol–water partition coefficient (Wildman–Crippen LogP) is 3.79. The topological polar surface area (TPSA) is 29.1 Å². The molecule has 15 heavy (non-hydrogen) atoms. The van der Waals surface area contributed by atoms with Gasteiger partial charge >= 0.3 is 0 Å². The van der Waals surface area contributed by atoms with Crippen LogP contribution in [-0.4, -0.2) is 10.1 Å². The van der Waals surface area contributed by atoms with Gasteiger partial charge < -0.3 is 5.32 Å². The van der Waals surface area contributed by atoms with Crippen LogP contribution in [-0.2, 0) is 6.54 Å². The Bertz CT molecular complexity index is 324. The Kier molecular flexibility index (Phi) is 5.19. The lowest BCUT2D eigenvalue weighted by Crippen LogP contribution is -2.14. The first-order chi connectivity index (χ1) is 7.08. The molecule has 2 nitrogen and oxygen atoms in total. The van der Waals surface area contributed by atoms with Crippen molar-refractivity contribution in [2.75, 3.05) is 0 Å². The lowest BCUT2D eigenvalue weighted by atomic mass is 10.2. The minimum atomic E-state index is -0.178. The SMILES string of the molecule is CC(C)Sc1ccc(CNC(=O)Br)cc1. The summed E-state index contributed by atoms with van der Waals surface area (Å²) in [6.45, 7) is 4.91. The normalized spacial score (nSPS) is 10.4. The highest BCUT2D eigenvalue weighted by Crippen LogP contribution is 2.22. The van der Waals surface area contributed by atoms with Crippen molar-refractivity contribution in [3.8, 4) is 0 Å². The van der Waals surface area contributed by atoms with Crippen LogP contribution < -0.4 is 5.32 Å². The van der Waals surface area contributed by atoms with Crippen LogP contribution in [0, 0.1) is 0 Å². The number of nitrogens with one attached hydrogen (secondary N) is 1. The molecule has 0 radical (unpaired) electrons. The highest BCUT2D eigenvalue weighted by molar-refractivity contribution is 9.18. The van der Waals surface area contributed by atoms with E-state index in [9.17, 15) is 4.79 Å². The molecule has 0 atom stereocenters. The zero-order chi connectivity index (χ0) is 11.3. The second kappa shape index (κ2) is 6.18. The first-order valence-electron chi connectivity index (χ1n) is 4.77. The van der Waals surface area contributed by atoms with Crippen molar-refractivity contribution in [3.63, 3.8) is 0 Å². The number of amides is 1. The Morgan fingerprint density at radius 3 is 2.47 bits per heavy atom. The van der Waals surface area contributed by atoms with Crippen molar-refractivity contribution < 1.29 is 4.79 Å². The second-order valence-electron chi connectivity index (χ2n) is 3.44. The Morgan fingerprint density at radius 1 is 1.40 bits per heavy atom. The van der Waals surface area contributed by atoms with Crippen molar-refractivity contribution in [2.24, 2.45) is 0 Å². The zero-order valence-electron chi connectivity index (χ0n) is 8.79. The Labute approximate surface area is 103 Å². The summed E-state index contributed by atoms with van der Waals surface area (Å²) >= 11 is 4.66. The molecule has 1 aromatic rings. The van der Waals surface area contributed by atoms with Gasteiger partial charge in [-0.2, -0.15) is 0 Å². The van der Waals surface area contributed by atoms with Crippen LogP contribution in [0.3, 0.4) is 0 Å². The monoisotopic (exact) mass is 287 g/mol. The van der Waals surface area contributed by atoms with Gasteiger partial charge in [-0.3, -0.25) is 4.79 Å². The molecule has 1 N–H and O–H groups in total. The van der Waals surface area contributed by atoms with Crippen LogP contribution in [0.4, 0.5) is 4.79 Å². The van der Waals surface area contributed by atoms with Crippen LogP contribution >= 0.6 is 27.7 Å². The summed E-state index contributed by atoms with van der Waals surface area (Å²) in [7, 11) is 0. The minimum Gasteiger partial charge on any atom is -0.343 e. The number of carbonyl (C=O) groups excluding carboxylic acids is 1. The van der Waals surface area contributed by atoms with Gasteiger partial charge in [-0.25, -0.2) is 0 Å². The van der Waals surface area contributed by atoms with Crippen molar-refractivity contribution in [3.05, 3.63) is 29.8 Å². The average Bonchev–Trinajstić information content (AvgIpc) is 2.16. The van der Waals surface area contributed by atoms with Gasteiger partial charge in [0.2, 0.25) is 0 Å². The predicted molar refractivity (Wildman–Crippen MR) is 68.6 cm³/mol. The van der Waals surface area contributed by atoms with Crippen LogP contribution in [0.2, 0.25) is 0 Å². The summed E-state index contributed by atoms with van der Waals surface area (Å²) in [5, 5.41) is 3.29. The third-order valence-corrected chi connectivity index (χ3v) is 3.02. The van der Waals surface area contributed by atoms with Gasteiger partial charge in [-0.05, 0) is 17.7 Å². The number of benzene rings is 1. The van der Waals surface area contributed by atoms with Crippen LogP contribution in [0.5, 0.6) is 0 Å². The van der Waals surface area contributed by atoms with Crippen molar-refractivity contribution in [2.45, 2.75) is 30.5 Å². The van der Waals surface area contributed by atoms with E-state index in [0.717, 1.165) is 5.56 Å². The van der Waals surface area contributed by atoms with E-state index in [-0.39, 0.29) is 4.82 Å². The van der Waals surface area contributed by atoms with Gasteiger partial charge in [-0.1, -0.05) is 26.0 Å². The molecule has 0 aliphatic carbocycles. The Morgan fingerprint density at radius 2 is 2.00 bits per heavy atom. The standard InChI is InChI=1S/C11H14BrNOS/c1-8(2)15-10-5-3-9(4-6-10)7-13-11(12)14/h3-6,8H,7H2,1-2H3,(H,13,14). The van der Waals surface area contributed by atoms with Crippen molar-refractivity contribution >= 4 is 32.5 Å². The minimum absolute atomic E-state index is 0.178. The van der Waals surface area contributed by atoms with E-state index >= 15 is 0 Å². The van der Waals surface area contributed by atoms with Crippen molar-refractivity contribution in [1.82, 2.24) is 5.32 Å². The third kappa shape index (κ3) is 5.23. The Balaban J connectivity index is 2.52. The fraction of sp³-hybridized carbons (Fsp3) is 0.364. The number of carbonyl (C=O) groups is 1. The maximum absolute atomic E-state index is 10.6. The van der Waals surface area contributed by atoms with Gasteiger partial charge in [0.05, 0.1) is 0 Å². The van der Waals surface area contributed by atoms with Gasteiger partial charge in [0.25, 0.3) is 4.82 Å². The van der Waals surface area contributed by atoms with Crippen LogP contribution in [0.15, 0.2) is 29.2 Å². The fourth-order valence-electron chi connectivity index (χ4n) is 1.13. The Hall–Kier alpha value is -0.480. The quantitative estimate of drug-likeness (QED) is 0.519. The molecule has 0 saturated heterocycles. The van der Waals surface area contributed by atoms with E-state index in [1.165, 1.54) is 4.90 Å². The van der Waals surface area contributed by atoms with E-state index in [4.69, 9.17) is 0 Å². The molecule has 0 aliphatic rings. The number of halogens is 1. The average molecular weight is 288 g/mol. The van der Waals surface area contributed by atoms with Crippen LogP contribution in [0.1, 0.15) is 19.4 Å². The molecule has 1 amide bonds. The summed E-state index contributed by atoms with van der Waals surface area (Å²) < 4.78 is 0. The van der Waals surface area contributed by atoms with Gasteiger partial charge in [-0.15, -0.1) is 11.8 Å². The molecule has 0 aromatic heterocycles. The van der Waals surface area contributed by atoms with E-state index in [1.807, 2.05) is 23.9 Å². The van der Waals surface area contributed by atoms with E-state index in [1.54, 1.807) is 0 Å². The number of thioether (sulfide) groups is 1. The third-order valence-electron chi connectivity index (χ3n) is 1.73. The molecule has 0 fully saturated rings. The molecule has 0 bridgehead atoms. The fourth-order valence-corrected chi connectivity index (χ4v) is 2.11. The van der Waals surface area contributed by atoms with Crippen LogP contribution in [0.25, 0.3) is 0 Å². The highest BCUT2D eigenvalue weighted by Gasteiger charge is 1.99. The summed E-state index contributed by atoms with van der Waals surface area (Å²) in [6, 6.07) is 8.24. The number of hydrogen-bond donors (Lipinski definition) is 1. The van der Waals surface area contributed by atoms with Crippen molar-refractivity contribution in [1.29, 1.82) is 0 Å². The highest BCUT2D eigenvalue weighted by atomic mass is 79.9. The van der Waals surface area contributed by atoms with E-state index < -0.39 is 0 Å². The number of hydrogen-bond acceptors (Lipinski definition) is 2. The van der Waals surface area contributed by atoms with E-state index in [0.29, 0.717) is 11.8 Å². The summed E-state index contributed by atoms with van der Waals surface area (Å²) in [5.74, 6) is 0. The summed E-state index contributed by atoms with van der Waals surface area (Å²) in [4.78, 5) is 11.7. The molecular formula is C11H14BrNOS. The van der Waals surface area contributed by atoms with Gasteiger partial charge in [0.1, 0.15) is 0 Å². The smallest absolute Gasteiger partial charge is 0.287 e. The summed E-state index contributed by atoms with van der Waals surface area (Å²) in [6.07, 6.45) is 0. The molecule has 0 spiro atoms. The maximum Gasteiger partial charge on any atom is 0.287 e. The van der Waals surface area contributed by atoms with Gasteiger partial charge in [0.15, 0.2) is 0 Å². The summed E-state index contributed by atoms with van der Waals surface area (Å²) in [5.41, 5.74) is 1.11. The molecule has 82 valence electrons. The molecule has 4 heteroatoms.